The molecule has 1 aromatic heterocycles. The van der Waals surface area contributed by atoms with E-state index in [-0.39, 0.29) is 0 Å². The minimum absolute atomic E-state index is 1.09. The minimum Gasteiger partial charge on any atom is -0.310 e. The maximum atomic E-state index is 2.39. The van der Waals surface area contributed by atoms with Crippen molar-refractivity contribution in [2.75, 3.05) is 9.80 Å². The highest BCUT2D eigenvalue weighted by molar-refractivity contribution is 5.92. The Kier molecular flexibility index (Phi) is 9.59. The molecule has 0 bridgehead atoms. The summed E-state index contributed by atoms with van der Waals surface area (Å²) in [4.78, 5) is 4.65. The maximum absolute atomic E-state index is 2.39. The molecule has 10 rings (SSSR count). The molecule has 10 aromatic rings. The summed E-state index contributed by atoms with van der Waals surface area (Å²) < 4.78 is 2.39. The first-order valence-corrected chi connectivity index (χ1v) is 20.1. The van der Waals surface area contributed by atoms with Crippen LogP contribution in [0.1, 0.15) is 0 Å². The SMILES string of the molecule is c1ccc(N(c2ccccc2)c2cccc(-c3cc(-c4cccc(N(c5ccccc5)c5ccccc5)c4)cc(-c4cc5ccccc5n4-c4ccccc4)c3)c2)cc1. The fourth-order valence-corrected chi connectivity index (χ4v) is 8.18. The smallest absolute Gasteiger partial charge is 0.0541 e. The van der Waals surface area contributed by atoms with Gasteiger partial charge in [0.2, 0.25) is 0 Å². The Morgan fingerprint density at radius 2 is 0.627 bits per heavy atom. The Morgan fingerprint density at radius 1 is 0.254 bits per heavy atom. The van der Waals surface area contributed by atoms with E-state index < -0.39 is 0 Å². The van der Waals surface area contributed by atoms with Crippen LogP contribution in [-0.4, -0.2) is 4.57 Å². The van der Waals surface area contributed by atoms with Crippen LogP contribution in [0.5, 0.6) is 0 Å². The summed E-state index contributed by atoms with van der Waals surface area (Å²) in [5.41, 5.74) is 15.7. The van der Waals surface area contributed by atoms with Gasteiger partial charge in [0.25, 0.3) is 0 Å². The molecule has 280 valence electrons. The molecule has 0 fully saturated rings. The zero-order valence-corrected chi connectivity index (χ0v) is 32.5. The van der Waals surface area contributed by atoms with E-state index in [1.165, 1.54) is 10.9 Å². The molecule has 0 unspecified atom stereocenters. The second-order valence-electron chi connectivity index (χ2n) is 14.7. The van der Waals surface area contributed by atoms with Crippen molar-refractivity contribution in [3.8, 4) is 39.2 Å². The van der Waals surface area contributed by atoms with Crippen molar-refractivity contribution in [1.29, 1.82) is 0 Å². The molecule has 0 aliphatic heterocycles. The third-order valence-corrected chi connectivity index (χ3v) is 10.9. The largest absolute Gasteiger partial charge is 0.310 e. The average Bonchev–Trinajstić information content (AvgIpc) is 3.71. The van der Waals surface area contributed by atoms with Gasteiger partial charge in [-0.25, -0.2) is 0 Å². The van der Waals surface area contributed by atoms with Gasteiger partial charge in [0, 0.05) is 45.2 Å². The molecule has 0 N–H and O–H groups in total. The van der Waals surface area contributed by atoms with Crippen molar-refractivity contribution in [1.82, 2.24) is 4.57 Å². The average molecular weight is 756 g/mol. The van der Waals surface area contributed by atoms with Gasteiger partial charge in [-0.05, 0) is 143 Å². The number of para-hydroxylation sites is 6. The van der Waals surface area contributed by atoms with E-state index in [1.54, 1.807) is 0 Å². The van der Waals surface area contributed by atoms with Crippen LogP contribution in [0.25, 0.3) is 50.1 Å². The molecule has 0 amide bonds. The maximum Gasteiger partial charge on any atom is 0.0541 e. The zero-order valence-electron chi connectivity index (χ0n) is 32.5. The second kappa shape index (κ2) is 15.9. The summed E-state index contributed by atoms with van der Waals surface area (Å²) in [6.07, 6.45) is 0. The van der Waals surface area contributed by atoms with E-state index in [9.17, 15) is 0 Å². The Morgan fingerprint density at radius 3 is 1.08 bits per heavy atom. The van der Waals surface area contributed by atoms with Gasteiger partial charge in [-0.2, -0.15) is 0 Å². The third-order valence-electron chi connectivity index (χ3n) is 10.9. The molecule has 3 heteroatoms. The van der Waals surface area contributed by atoms with E-state index in [0.29, 0.717) is 0 Å². The van der Waals surface area contributed by atoms with Crippen LogP contribution in [0.3, 0.4) is 0 Å². The molecule has 0 saturated carbocycles. The number of rotatable bonds is 10. The summed E-state index contributed by atoms with van der Waals surface area (Å²) >= 11 is 0. The predicted molar refractivity (Wildman–Crippen MR) is 249 cm³/mol. The number of benzene rings is 9. The summed E-state index contributed by atoms with van der Waals surface area (Å²) in [5, 5.41) is 1.20. The van der Waals surface area contributed by atoms with Gasteiger partial charge < -0.3 is 14.4 Å². The van der Waals surface area contributed by atoms with Crippen molar-refractivity contribution >= 4 is 45.0 Å². The van der Waals surface area contributed by atoms with E-state index >= 15 is 0 Å². The summed E-state index contributed by atoms with van der Waals surface area (Å²) in [6, 6.07) is 89.0. The molecule has 0 aliphatic rings. The second-order valence-corrected chi connectivity index (χ2v) is 14.7. The normalized spacial score (nSPS) is 11.1. The van der Waals surface area contributed by atoms with E-state index in [4.69, 9.17) is 0 Å². The Hall–Kier alpha value is -7.88. The number of hydrogen-bond donors (Lipinski definition) is 0. The molecule has 0 spiro atoms. The van der Waals surface area contributed by atoms with Gasteiger partial charge in [0.1, 0.15) is 0 Å². The minimum atomic E-state index is 1.09. The summed E-state index contributed by atoms with van der Waals surface area (Å²) in [5.74, 6) is 0. The van der Waals surface area contributed by atoms with Gasteiger partial charge in [0.15, 0.2) is 0 Å². The van der Waals surface area contributed by atoms with E-state index in [0.717, 1.165) is 73.3 Å². The van der Waals surface area contributed by atoms with Gasteiger partial charge in [-0.1, -0.05) is 133 Å². The fourth-order valence-electron chi connectivity index (χ4n) is 8.18. The molecule has 1 heterocycles. The van der Waals surface area contributed by atoms with Crippen LogP contribution in [0.15, 0.2) is 249 Å². The van der Waals surface area contributed by atoms with Gasteiger partial charge in [-0.15, -0.1) is 0 Å². The lowest BCUT2D eigenvalue weighted by Gasteiger charge is -2.26. The number of aromatic nitrogens is 1. The van der Waals surface area contributed by atoms with Crippen LogP contribution >= 0.6 is 0 Å². The van der Waals surface area contributed by atoms with Gasteiger partial charge in [0.05, 0.1) is 11.2 Å². The highest BCUT2D eigenvalue weighted by Crippen LogP contribution is 2.42. The zero-order chi connectivity index (χ0) is 39.4. The molecule has 9 aromatic carbocycles. The Labute approximate surface area is 346 Å². The van der Waals surface area contributed by atoms with Crippen molar-refractivity contribution in [3.63, 3.8) is 0 Å². The molecular formula is C56H41N3. The van der Waals surface area contributed by atoms with Crippen LogP contribution in [0, 0.1) is 0 Å². The van der Waals surface area contributed by atoms with Crippen LogP contribution in [-0.2, 0) is 0 Å². The fraction of sp³-hybridized carbons (Fsp3) is 0. The molecule has 0 atom stereocenters. The van der Waals surface area contributed by atoms with Crippen LogP contribution in [0.4, 0.5) is 34.1 Å². The molecule has 0 radical (unpaired) electrons. The molecule has 0 aliphatic carbocycles. The highest BCUT2D eigenvalue weighted by Gasteiger charge is 2.18. The standard InChI is InChI=1S/C56H41N3/c1-6-23-48(24-7-1)57(49-25-8-2-9-26-49)53-33-18-21-42(39-53)45-36-46(38-47(37-45)56-41-44-20-16-17-35-55(44)59(56)52-31-14-5-15-32-52)43-22-19-34-54(40-43)58(50-27-10-3-11-28-50)51-29-12-4-13-30-51/h1-41H. The van der Waals surface area contributed by atoms with Crippen molar-refractivity contribution in [2.24, 2.45) is 0 Å². The lowest BCUT2D eigenvalue weighted by molar-refractivity contribution is 1.13. The quantitative estimate of drug-likeness (QED) is 0.138. The lowest BCUT2D eigenvalue weighted by Crippen LogP contribution is -2.09. The van der Waals surface area contributed by atoms with Gasteiger partial charge in [-0.3, -0.25) is 0 Å². The molecular weight excluding hydrogens is 715 g/mol. The molecule has 0 saturated heterocycles. The van der Waals surface area contributed by atoms with Crippen LogP contribution in [0.2, 0.25) is 0 Å². The van der Waals surface area contributed by atoms with Crippen LogP contribution < -0.4 is 9.80 Å². The first-order chi connectivity index (χ1) is 29.3. The monoisotopic (exact) mass is 755 g/mol. The first kappa shape index (κ1) is 35.5. The highest BCUT2D eigenvalue weighted by atomic mass is 15.1. The molecule has 3 nitrogen and oxygen atoms in total. The first-order valence-electron chi connectivity index (χ1n) is 20.1. The third kappa shape index (κ3) is 7.18. The Balaban J connectivity index is 1.18. The molecule has 59 heavy (non-hydrogen) atoms. The number of nitrogens with zero attached hydrogens (tertiary/aromatic N) is 3. The summed E-state index contributed by atoms with van der Waals surface area (Å²) in [7, 11) is 0. The Bertz CT molecular complexity index is 2750. The number of fused-ring (bicyclic) bond motifs is 1. The van der Waals surface area contributed by atoms with Crippen molar-refractivity contribution in [3.05, 3.63) is 249 Å². The topological polar surface area (TPSA) is 11.4 Å². The summed E-state index contributed by atoms with van der Waals surface area (Å²) in [6.45, 7) is 0. The number of anilines is 6. The predicted octanol–water partition coefficient (Wildman–Crippen LogP) is 15.6. The van der Waals surface area contributed by atoms with Crippen molar-refractivity contribution in [2.45, 2.75) is 0 Å². The number of hydrogen-bond acceptors (Lipinski definition) is 2. The van der Waals surface area contributed by atoms with E-state index in [2.05, 4.69) is 263 Å². The van der Waals surface area contributed by atoms with E-state index in [1.807, 2.05) is 0 Å². The lowest BCUT2D eigenvalue weighted by atomic mass is 9.94. The van der Waals surface area contributed by atoms with Gasteiger partial charge >= 0.3 is 0 Å². The van der Waals surface area contributed by atoms with Crippen molar-refractivity contribution < 1.29 is 0 Å².